The van der Waals surface area contributed by atoms with Crippen molar-refractivity contribution in [2.75, 3.05) is 19.6 Å². The lowest BCUT2D eigenvalue weighted by Gasteiger charge is -2.14. The van der Waals surface area contributed by atoms with Crippen LogP contribution < -0.4 is 10.6 Å². The van der Waals surface area contributed by atoms with Gasteiger partial charge in [0.1, 0.15) is 5.82 Å². The van der Waals surface area contributed by atoms with Crippen LogP contribution in [0.25, 0.3) is 0 Å². The summed E-state index contributed by atoms with van der Waals surface area (Å²) >= 11 is 0. The molecule has 0 bridgehead atoms. The standard InChI is InChI=1S/C16H26FN3O/c1-4-18-16(19-10-9-12(2)3)20-11-15(21)13-5-7-14(17)8-6-13/h5-8,12,15,21H,4,9-11H2,1-3H3,(H2,18,19,20). The first-order valence-corrected chi connectivity index (χ1v) is 7.48. The van der Waals surface area contributed by atoms with Gasteiger partial charge in [0.05, 0.1) is 12.6 Å². The van der Waals surface area contributed by atoms with Crippen LogP contribution in [0, 0.1) is 11.7 Å². The molecule has 3 N–H and O–H groups in total. The molecule has 0 amide bonds. The molecule has 0 radical (unpaired) electrons. The van der Waals surface area contributed by atoms with E-state index in [1.54, 1.807) is 12.1 Å². The van der Waals surface area contributed by atoms with E-state index in [9.17, 15) is 9.50 Å². The van der Waals surface area contributed by atoms with Crippen LogP contribution in [0.4, 0.5) is 4.39 Å². The Kier molecular flexibility index (Phi) is 7.75. The number of benzene rings is 1. The number of aliphatic hydroxyl groups is 1. The monoisotopic (exact) mass is 295 g/mol. The molecule has 0 aliphatic heterocycles. The number of aliphatic imine (C=N–C) groups is 1. The Hall–Kier alpha value is -1.62. The van der Waals surface area contributed by atoms with Gasteiger partial charge in [-0.25, -0.2) is 4.39 Å². The van der Waals surface area contributed by atoms with E-state index in [-0.39, 0.29) is 12.4 Å². The second kappa shape index (κ2) is 9.34. The SMILES string of the molecule is CCNC(=NCC(O)c1ccc(F)cc1)NCCC(C)C. The van der Waals surface area contributed by atoms with Crippen LogP contribution in [0.2, 0.25) is 0 Å². The average molecular weight is 295 g/mol. The Balaban J connectivity index is 2.53. The fourth-order valence-electron chi connectivity index (χ4n) is 1.79. The van der Waals surface area contributed by atoms with E-state index in [2.05, 4.69) is 29.5 Å². The van der Waals surface area contributed by atoms with Crippen LogP contribution in [0.15, 0.2) is 29.3 Å². The van der Waals surface area contributed by atoms with Crippen molar-refractivity contribution in [2.24, 2.45) is 10.9 Å². The summed E-state index contributed by atoms with van der Waals surface area (Å²) in [5.41, 5.74) is 0.665. The molecule has 1 rings (SSSR count). The first-order valence-electron chi connectivity index (χ1n) is 7.48. The molecule has 0 saturated carbocycles. The largest absolute Gasteiger partial charge is 0.386 e. The lowest BCUT2D eigenvalue weighted by atomic mass is 10.1. The van der Waals surface area contributed by atoms with Gasteiger partial charge in [-0.2, -0.15) is 0 Å². The maximum Gasteiger partial charge on any atom is 0.191 e. The fourth-order valence-corrected chi connectivity index (χ4v) is 1.79. The molecular formula is C16H26FN3O. The molecule has 0 saturated heterocycles. The summed E-state index contributed by atoms with van der Waals surface area (Å²) in [5, 5.41) is 16.4. The quantitative estimate of drug-likeness (QED) is 0.535. The minimum atomic E-state index is -0.730. The van der Waals surface area contributed by atoms with Crippen LogP contribution >= 0.6 is 0 Å². The molecule has 0 aromatic heterocycles. The third-order valence-corrected chi connectivity index (χ3v) is 3.04. The highest BCUT2D eigenvalue weighted by atomic mass is 19.1. The Bertz CT molecular complexity index is 432. The van der Waals surface area contributed by atoms with Crippen molar-refractivity contribution in [2.45, 2.75) is 33.3 Å². The number of aliphatic hydroxyl groups excluding tert-OH is 1. The number of rotatable bonds is 7. The number of nitrogens with zero attached hydrogens (tertiary/aromatic N) is 1. The van der Waals surface area contributed by atoms with Crippen LogP contribution in [0.5, 0.6) is 0 Å². The zero-order valence-electron chi connectivity index (χ0n) is 13.1. The number of hydrogen-bond acceptors (Lipinski definition) is 2. The van der Waals surface area contributed by atoms with Gasteiger partial charge in [-0.15, -0.1) is 0 Å². The van der Waals surface area contributed by atoms with Crippen molar-refractivity contribution in [3.8, 4) is 0 Å². The Labute approximate surface area is 126 Å². The van der Waals surface area contributed by atoms with Crippen molar-refractivity contribution >= 4 is 5.96 Å². The van der Waals surface area contributed by atoms with Gasteiger partial charge >= 0.3 is 0 Å². The summed E-state index contributed by atoms with van der Waals surface area (Å²) in [4.78, 5) is 4.36. The van der Waals surface area contributed by atoms with Gasteiger partial charge < -0.3 is 15.7 Å². The maximum absolute atomic E-state index is 12.8. The van der Waals surface area contributed by atoms with E-state index in [0.29, 0.717) is 17.4 Å². The average Bonchev–Trinajstić information content (AvgIpc) is 2.44. The van der Waals surface area contributed by atoms with Gasteiger partial charge in [-0.05, 0) is 37.0 Å². The van der Waals surface area contributed by atoms with Gasteiger partial charge in [0.25, 0.3) is 0 Å². The smallest absolute Gasteiger partial charge is 0.191 e. The van der Waals surface area contributed by atoms with Gasteiger partial charge in [0.15, 0.2) is 5.96 Å². The summed E-state index contributed by atoms with van der Waals surface area (Å²) in [6, 6.07) is 5.84. The molecule has 5 heteroatoms. The number of nitrogens with one attached hydrogen (secondary N) is 2. The highest BCUT2D eigenvalue weighted by Crippen LogP contribution is 2.13. The third-order valence-electron chi connectivity index (χ3n) is 3.04. The predicted octanol–water partition coefficient (Wildman–Crippen LogP) is 2.46. The highest BCUT2D eigenvalue weighted by molar-refractivity contribution is 5.79. The number of halogens is 1. The van der Waals surface area contributed by atoms with E-state index in [1.165, 1.54) is 12.1 Å². The zero-order valence-corrected chi connectivity index (χ0v) is 13.1. The molecule has 1 aromatic carbocycles. The molecule has 1 aromatic rings. The lowest BCUT2D eigenvalue weighted by Crippen LogP contribution is -2.38. The Morgan fingerprint density at radius 2 is 1.90 bits per heavy atom. The minimum Gasteiger partial charge on any atom is -0.386 e. The highest BCUT2D eigenvalue weighted by Gasteiger charge is 2.07. The molecule has 1 unspecified atom stereocenters. The first-order chi connectivity index (χ1) is 10.0. The van der Waals surface area contributed by atoms with E-state index < -0.39 is 6.10 Å². The molecule has 1 atom stereocenters. The Morgan fingerprint density at radius 1 is 1.24 bits per heavy atom. The molecule has 21 heavy (non-hydrogen) atoms. The molecular weight excluding hydrogens is 269 g/mol. The van der Waals surface area contributed by atoms with E-state index in [0.717, 1.165) is 19.5 Å². The fraction of sp³-hybridized carbons (Fsp3) is 0.562. The minimum absolute atomic E-state index is 0.239. The van der Waals surface area contributed by atoms with Crippen LogP contribution in [0.3, 0.4) is 0 Å². The van der Waals surface area contributed by atoms with Crippen molar-refractivity contribution < 1.29 is 9.50 Å². The predicted molar refractivity (Wildman–Crippen MR) is 84.8 cm³/mol. The van der Waals surface area contributed by atoms with Gasteiger partial charge in [-0.3, -0.25) is 4.99 Å². The number of hydrogen-bond donors (Lipinski definition) is 3. The lowest BCUT2D eigenvalue weighted by molar-refractivity contribution is 0.187. The van der Waals surface area contributed by atoms with Crippen LogP contribution in [-0.4, -0.2) is 30.7 Å². The summed E-state index contributed by atoms with van der Waals surface area (Å²) in [6.07, 6.45) is 0.330. The van der Waals surface area contributed by atoms with Crippen molar-refractivity contribution in [1.29, 1.82) is 0 Å². The Morgan fingerprint density at radius 3 is 2.48 bits per heavy atom. The third kappa shape index (κ3) is 7.09. The molecule has 4 nitrogen and oxygen atoms in total. The van der Waals surface area contributed by atoms with Crippen molar-refractivity contribution in [3.63, 3.8) is 0 Å². The molecule has 0 aliphatic carbocycles. The summed E-state index contributed by atoms with van der Waals surface area (Å²) in [6.45, 7) is 8.18. The molecule has 118 valence electrons. The van der Waals surface area contributed by atoms with Crippen molar-refractivity contribution in [1.82, 2.24) is 10.6 Å². The van der Waals surface area contributed by atoms with Crippen LogP contribution in [0.1, 0.15) is 38.9 Å². The molecule has 0 heterocycles. The van der Waals surface area contributed by atoms with Gasteiger partial charge in [0, 0.05) is 13.1 Å². The summed E-state index contributed by atoms with van der Waals surface area (Å²) in [5.74, 6) is 1.02. The maximum atomic E-state index is 12.8. The van der Waals surface area contributed by atoms with E-state index >= 15 is 0 Å². The molecule has 0 fully saturated rings. The topological polar surface area (TPSA) is 56.7 Å². The van der Waals surface area contributed by atoms with E-state index in [1.807, 2.05) is 6.92 Å². The van der Waals surface area contributed by atoms with Crippen molar-refractivity contribution in [3.05, 3.63) is 35.6 Å². The molecule has 0 spiro atoms. The van der Waals surface area contributed by atoms with Gasteiger partial charge in [-0.1, -0.05) is 26.0 Å². The first kappa shape index (κ1) is 17.4. The number of guanidine groups is 1. The second-order valence-corrected chi connectivity index (χ2v) is 5.40. The van der Waals surface area contributed by atoms with E-state index in [4.69, 9.17) is 0 Å². The normalized spacial score (nSPS) is 13.3. The second-order valence-electron chi connectivity index (χ2n) is 5.40. The summed E-state index contributed by atoms with van der Waals surface area (Å²) < 4.78 is 12.8. The zero-order chi connectivity index (χ0) is 15.7. The molecule has 0 aliphatic rings. The van der Waals surface area contributed by atoms with Crippen LogP contribution in [-0.2, 0) is 0 Å². The van der Waals surface area contributed by atoms with Gasteiger partial charge in [0.2, 0.25) is 0 Å². The summed E-state index contributed by atoms with van der Waals surface area (Å²) in [7, 11) is 0.